The molecule has 3 rings (SSSR count). The van der Waals surface area contributed by atoms with Crippen LogP contribution in [0.2, 0.25) is 0 Å². The van der Waals surface area contributed by atoms with Gasteiger partial charge in [0, 0.05) is 23.6 Å². The van der Waals surface area contributed by atoms with E-state index in [0.29, 0.717) is 12.1 Å². The lowest BCUT2D eigenvalue weighted by molar-refractivity contribution is -0.118. The van der Waals surface area contributed by atoms with Crippen LogP contribution in [0.1, 0.15) is 28.1 Å². The van der Waals surface area contributed by atoms with Crippen LogP contribution in [-0.4, -0.2) is 31.1 Å². The van der Waals surface area contributed by atoms with E-state index in [4.69, 9.17) is 4.74 Å². The van der Waals surface area contributed by atoms with Gasteiger partial charge in [-0.05, 0) is 42.5 Å². The highest BCUT2D eigenvalue weighted by Crippen LogP contribution is 2.14. The molecular weight excluding hydrogens is 336 g/mol. The molecule has 0 saturated carbocycles. The summed E-state index contributed by atoms with van der Waals surface area (Å²) in [5.74, 6) is -0.621. The Balaban J connectivity index is 1.70. The molecule has 6 heteroatoms. The molecule has 1 saturated heterocycles. The Morgan fingerprint density at radius 3 is 2.72 bits per heavy atom. The van der Waals surface area contributed by atoms with Crippen molar-refractivity contribution in [2.24, 2.45) is 0 Å². The van der Waals surface area contributed by atoms with Crippen molar-refractivity contribution in [3.05, 3.63) is 64.0 Å². The molecule has 2 N–H and O–H groups in total. The summed E-state index contributed by atoms with van der Waals surface area (Å²) in [6.07, 6.45) is 3.71. The van der Waals surface area contributed by atoms with Gasteiger partial charge in [-0.2, -0.15) is 0 Å². The van der Waals surface area contributed by atoms with Crippen molar-refractivity contribution in [2.75, 3.05) is 13.2 Å². The minimum absolute atomic E-state index is 0.0526. The van der Waals surface area contributed by atoms with Crippen molar-refractivity contribution in [2.45, 2.75) is 18.9 Å². The smallest absolute Gasteiger partial charge is 0.267 e. The number of rotatable bonds is 6. The van der Waals surface area contributed by atoms with Gasteiger partial charge in [-0.3, -0.25) is 9.59 Å². The third kappa shape index (κ3) is 5.01. The van der Waals surface area contributed by atoms with E-state index in [1.807, 2.05) is 23.6 Å². The van der Waals surface area contributed by atoms with Crippen LogP contribution in [0, 0.1) is 0 Å². The molecule has 130 valence electrons. The molecule has 5 nitrogen and oxygen atoms in total. The molecule has 1 atom stereocenters. The Kier molecular flexibility index (Phi) is 5.98. The number of carbonyl (C=O) groups is 2. The fourth-order valence-electron chi connectivity index (χ4n) is 2.57. The Labute approximate surface area is 150 Å². The second-order valence-corrected chi connectivity index (χ2v) is 6.72. The van der Waals surface area contributed by atoms with Crippen LogP contribution < -0.4 is 10.6 Å². The second-order valence-electron chi connectivity index (χ2n) is 5.74. The normalized spacial score (nSPS) is 17.3. The average Bonchev–Trinajstić information content (AvgIpc) is 3.33. The number of thiophene rings is 1. The summed E-state index contributed by atoms with van der Waals surface area (Å²) in [6.45, 7) is 1.19. The van der Waals surface area contributed by atoms with Gasteiger partial charge in [0.1, 0.15) is 5.70 Å². The third-order valence-electron chi connectivity index (χ3n) is 3.87. The highest BCUT2D eigenvalue weighted by molar-refractivity contribution is 7.10. The van der Waals surface area contributed by atoms with Gasteiger partial charge < -0.3 is 15.4 Å². The van der Waals surface area contributed by atoms with Gasteiger partial charge in [-0.1, -0.05) is 24.3 Å². The topological polar surface area (TPSA) is 67.4 Å². The summed E-state index contributed by atoms with van der Waals surface area (Å²) < 4.78 is 5.52. The number of nitrogens with one attached hydrogen (secondary N) is 2. The maximum Gasteiger partial charge on any atom is 0.267 e. The van der Waals surface area contributed by atoms with Gasteiger partial charge in [-0.15, -0.1) is 11.3 Å². The molecule has 1 aliphatic heterocycles. The number of benzene rings is 1. The Hall–Kier alpha value is -2.44. The van der Waals surface area contributed by atoms with Gasteiger partial charge in [-0.25, -0.2) is 0 Å². The van der Waals surface area contributed by atoms with E-state index in [9.17, 15) is 9.59 Å². The van der Waals surface area contributed by atoms with E-state index in [-0.39, 0.29) is 23.6 Å². The Morgan fingerprint density at radius 2 is 2.04 bits per heavy atom. The van der Waals surface area contributed by atoms with Crippen LogP contribution in [0.15, 0.2) is 53.5 Å². The first kappa shape index (κ1) is 17.4. The van der Waals surface area contributed by atoms with Gasteiger partial charge in [0.25, 0.3) is 11.8 Å². The first-order valence-corrected chi connectivity index (χ1v) is 9.12. The first-order valence-electron chi connectivity index (χ1n) is 8.24. The predicted molar refractivity (Wildman–Crippen MR) is 98.2 cm³/mol. The fraction of sp³-hybridized carbons (Fsp3) is 0.263. The van der Waals surface area contributed by atoms with Gasteiger partial charge in [0.2, 0.25) is 0 Å². The largest absolute Gasteiger partial charge is 0.376 e. The maximum atomic E-state index is 12.5. The lowest BCUT2D eigenvalue weighted by atomic mass is 10.2. The van der Waals surface area contributed by atoms with Crippen LogP contribution >= 0.6 is 11.3 Å². The average molecular weight is 356 g/mol. The van der Waals surface area contributed by atoms with Crippen LogP contribution in [0.4, 0.5) is 0 Å². The highest BCUT2D eigenvalue weighted by atomic mass is 32.1. The molecule has 0 unspecified atom stereocenters. The zero-order valence-corrected chi connectivity index (χ0v) is 14.6. The monoisotopic (exact) mass is 356 g/mol. The van der Waals surface area contributed by atoms with Crippen molar-refractivity contribution < 1.29 is 14.3 Å². The molecular formula is C19H20N2O3S. The minimum Gasteiger partial charge on any atom is -0.376 e. The Morgan fingerprint density at radius 1 is 1.20 bits per heavy atom. The SMILES string of the molecule is O=C(NC[C@H]1CCCO1)C(=Cc1cccs1)NC(=O)c1ccccc1. The zero-order valence-electron chi connectivity index (χ0n) is 13.7. The highest BCUT2D eigenvalue weighted by Gasteiger charge is 2.19. The zero-order chi connectivity index (χ0) is 17.5. The molecule has 0 spiro atoms. The van der Waals surface area contributed by atoms with E-state index in [2.05, 4.69) is 10.6 Å². The van der Waals surface area contributed by atoms with E-state index in [0.717, 1.165) is 24.3 Å². The van der Waals surface area contributed by atoms with Crippen LogP contribution in [0.5, 0.6) is 0 Å². The standard InChI is InChI=1S/C19H20N2O3S/c22-18(14-6-2-1-3-7-14)21-17(12-16-9-5-11-25-16)19(23)20-13-15-8-4-10-24-15/h1-3,5-7,9,11-12,15H,4,8,10,13H2,(H,20,23)(H,21,22)/t15-/m1/s1. The van der Waals surface area contributed by atoms with Crippen molar-refractivity contribution in [1.82, 2.24) is 10.6 Å². The number of hydrogen-bond donors (Lipinski definition) is 2. The molecule has 25 heavy (non-hydrogen) atoms. The molecule has 2 aromatic rings. The molecule has 0 bridgehead atoms. The number of hydrogen-bond acceptors (Lipinski definition) is 4. The lowest BCUT2D eigenvalue weighted by Gasteiger charge is -2.13. The summed E-state index contributed by atoms with van der Waals surface area (Å²) >= 11 is 1.50. The van der Waals surface area contributed by atoms with Crippen LogP contribution in [0.3, 0.4) is 0 Å². The van der Waals surface area contributed by atoms with Gasteiger partial charge in [0.15, 0.2) is 0 Å². The lowest BCUT2D eigenvalue weighted by Crippen LogP contribution is -2.38. The fourth-order valence-corrected chi connectivity index (χ4v) is 3.22. The van der Waals surface area contributed by atoms with E-state index in [1.54, 1.807) is 30.3 Å². The summed E-state index contributed by atoms with van der Waals surface area (Å²) in [6, 6.07) is 12.6. The van der Waals surface area contributed by atoms with Crippen LogP contribution in [-0.2, 0) is 9.53 Å². The molecule has 1 aromatic heterocycles. The number of carbonyl (C=O) groups excluding carboxylic acids is 2. The second kappa shape index (κ2) is 8.60. The molecule has 1 fully saturated rings. The predicted octanol–water partition coefficient (Wildman–Crippen LogP) is 2.81. The molecule has 0 radical (unpaired) electrons. The van der Waals surface area contributed by atoms with Crippen molar-refractivity contribution in [3.63, 3.8) is 0 Å². The van der Waals surface area contributed by atoms with Crippen molar-refractivity contribution >= 4 is 29.2 Å². The van der Waals surface area contributed by atoms with Crippen LogP contribution in [0.25, 0.3) is 6.08 Å². The molecule has 2 amide bonds. The first-order chi connectivity index (χ1) is 12.2. The van der Waals surface area contributed by atoms with E-state index >= 15 is 0 Å². The van der Waals surface area contributed by atoms with E-state index < -0.39 is 0 Å². The van der Waals surface area contributed by atoms with Crippen molar-refractivity contribution in [1.29, 1.82) is 0 Å². The van der Waals surface area contributed by atoms with Gasteiger partial charge in [0.05, 0.1) is 6.10 Å². The maximum absolute atomic E-state index is 12.5. The summed E-state index contributed by atoms with van der Waals surface area (Å²) in [5.41, 5.74) is 0.737. The van der Waals surface area contributed by atoms with Crippen molar-refractivity contribution in [3.8, 4) is 0 Å². The summed E-state index contributed by atoms with van der Waals surface area (Å²) in [5, 5.41) is 7.50. The Bertz CT molecular complexity index is 735. The minimum atomic E-state index is -0.312. The molecule has 1 aromatic carbocycles. The number of ether oxygens (including phenoxy) is 1. The summed E-state index contributed by atoms with van der Waals surface area (Å²) in [7, 11) is 0. The molecule has 1 aliphatic rings. The quantitative estimate of drug-likeness (QED) is 0.782. The van der Waals surface area contributed by atoms with E-state index in [1.165, 1.54) is 11.3 Å². The summed E-state index contributed by atoms with van der Waals surface area (Å²) in [4.78, 5) is 25.8. The molecule has 2 heterocycles. The van der Waals surface area contributed by atoms with Gasteiger partial charge >= 0.3 is 0 Å². The third-order valence-corrected chi connectivity index (χ3v) is 4.69. The molecule has 0 aliphatic carbocycles. The number of amides is 2.